The molecule has 1 aromatic heterocycles. The van der Waals surface area contributed by atoms with Crippen molar-refractivity contribution in [3.63, 3.8) is 0 Å². The van der Waals surface area contributed by atoms with Crippen LogP contribution in [0.1, 0.15) is 5.82 Å². The molecule has 1 aromatic rings. The fraction of sp³-hybridized carbons (Fsp3) is 0.500. The number of aromatic nitrogens is 2. The normalized spacial score (nSPS) is 17.2. The lowest BCUT2D eigenvalue weighted by molar-refractivity contribution is 0.282. The molecule has 5 heteroatoms. The van der Waals surface area contributed by atoms with Crippen LogP contribution in [-0.4, -0.2) is 47.6 Å². The van der Waals surface area contributed by atoms with E-state index in [4.69, 9.17) is 0 Å². The fourth-order valence-electron chi connectivity index (χ4n) is 2.00. The van der Waals surface area contributed by atoms with Gasteiger partial charge in [-0.2, -0.15) is 0 Å². The SMILES string of the molecule is C=C(Br)CN1CCN(c2ccnc(C)n2)CC1. The standard InChI is InChI=1S/C12H17BrN4/c1-10(13)9-16-5-7-17(8-6-16)12-3-4-14-11(2)15-12/h3-4H,1,5-9H2,2H3. The van der Waals surface area contributed by atoms with Crippen LogP contribution in [0.2, 0.25) is 0 Å². The molecule has 0 spiro atoms. The van der Waals surface area contributed by atoms with Crippen LogP contribution in [0.15, 0.2) is 23.3 Å². The minimum absolute atomic E-state index is 0.832. The highest BCUT2D eigenvalue weighted by Crippen LogP contribution is 2.14. The summed E-state index contributed by atoms with van der Waals surface area (Å²) in [5, 5.41) is 0. The van der Waals surface area contributed by atoms with E-state index in [0.717, 1.165) is 48.8 Å². The first-order chi connectivity index (χ1) is 8.15. The summed E-state index contributed by atoms with van der Waals surface area (Å²) < 4.78 is 1.05. The average Bonchev–Trinajstić information content (AvgIpc) is 2.29. The zero-order valence-electron chi connectivity index (χ0n) is 10.1. The van der Waals surface area contributed by atoms with E-state index in [1.807, 2.05) is 19.2 Å². The summed E-state index contributed by atoms with van der Waals surface area (Å²) in [7, 11) is 0. The third-order valence-corrected chi connectivity index (χ3v) is 3.10. The highest BCUT2D eigenvalue weighted by atomic mass is 79.9. The smallest absolute Gasteiger partial charge is 0.132 e. The number of nitrogens with zero attached hydrogens (tertiary/aromatic N) is 4. The average molecular weight is 297 g/mol. The molecule has 0 bridgehead atoms. The molecule has 17 heavy (non-hydrogen) atoms. The highest BCUT2D eigenvalue weighted by molar-refractivity contribution is 9.11. The maximum absolute atomic E-state index is 4.45. The second-order valence-electron chi connectivity index (χ2n) is 4.24. The first-order valence-electron chi connectivity index (χ1n) is 5.75. The Morgan fingerprint density at radius 2 is 2.12 bits per heavy atom. The second kappa shape index (κ2) is 5.60. The lowest BCUT2D eigenvalue weighted by Gasteiger charge is -2.35. The molecule has 0 saturated carbocycles. The van der Waals surface area contributed by atoms with E-state index in [1.54, 1.807) is 0 Å². The number of aryl methyl sites for hydroxylation is 1. The molecule has 2 rings (SSSR count). The summed E-state index contributed by atoms with van der Waals surface area (Å²) in [4.78, 5) is 13.3. The van der Waals surface area contributed by atoms with Gasteiger partial charge in [0.15, 0.2) is 0 Å². The van der Waals surface area contributed by atoms with Gasteiger partial charge in [-0.05, 0) is 13.0 Å². The van der Waals surface area contributed by atoms with Crippen molar-refractivity contribution in [2.45, 2.75) is 6.92 Å². The molecule has 2 heterocycles. The number of hydrogen-bond donors (Lipinski definition) is 0. The van der Waals surface area contributed by atoms with Crippen molar-refractivity contribution in [2.75, 3.05) is 37.6 Å². The third kappa shape index (κ3) is 3.51. The van der Waals surface area contributed by atoms with Gasteiger partial charge < -0.3 is 4.90 Å². The van der Waals surface area contributed by atoms with Gasteiger partial charge in [0.1, 0.15) is 11.6 Å². The lowest BCUT2D eigenvalue weighted by atomic mass is 10.3. The lowest BCUT2D eigenvalue weighted by Crippen LogP contribution is -2.47. The number of halogens is 1. The Bertz CT molecular complexity index is 399. The van der Waals surface area contributed by atoms with E-state index in [-0.39, 0.29) is 0 Å². The Morgan fingerprint density at radius 1 is 1.41 bits per heavy atom. The monoisotopic (exact) mass is 296 g/mol. The molecule has 1 aliphatic heterocycles. The van der Waals surface area contributed by atoms with Crippen molar-refractivity contribution >= 4 is 21.7 Å². The van der Waals surface area contributed by atoms with E-state index in [9.17, 15) is 0 Å². The number of hydrogen-bond acceptors (Lipinski definition) is 4. The van der Waals surface area contributed by atoms with Crippen LogP contribution in [0.4, 0.5) is 5.82 Å². The van der Waals surface area contributed by atoms with E-state index in [1.165, 1.54) is 0 Å². The van der Waals surface area contributed by atoms with Crippen molar-refractivity contribution in [2.24, 2.45) is 0 Å². The molecule has 0 radical (unpaired) electrons. The van der Waals surface area contributed by atoms with Crippen molar-refractivity contribution in [1.29, 1.82) is 0 Å². The van der Waals surface area contributed by atoms with Gasteiger partial charge in [0.05, 0.1) is 0 Å². The second-order valence-corrected chi connectivity index (χ2v) is 5.36. The largest absolute Gasteiger partial charge is 0.354 e. The molecular formula is C12H17BrN4. The summed E-state index contributed by atoms with van der Waals surface area (Å²) >= 11 is 3.41. The summed E-state index contributed by atoms with van der Waals surface area (Å²) in [5.74, 6) is 1.87. The van der Waals surface area contributed by atoms with Crippen molar-refractivity contribution in [1.82, 2.24) is 14.9 Å². The molecule has 0 amide bonds. The molecule has 0 N–H and O–H groups in total. The van der Waals surface area contributed by atoms with Crippen LogP contribution < -0.4 is 4.90 Å². The van der Waals surface area contributed by atoms with Gasteiger partial charge in [0, 0.05) is 43.4 Å². The minimum Gasteiger partial charge on any atom is -0.354 e. The fourth-order valence-corrected chi connectivity index (χ4v) is 2.35. The van der Waals surface area contributed by atoms with E-state index >= 15 is 0 Å². The van der Waals surface area contributed by atoms with Crippen LogP contribution in [0, 0.1) is 6.92 Å². The molecule has 0 aliphatic carbocycles. The Labute approximate surface area is 110 Å². The van der Waals surface area contributed by atoms with E-state index in [0.29, 0.717) is 0 Å². The topological polar surface area (TPSA) is 32.3 Å². The van der Waals surface area contributed by atoms with Gasteiger partial charge >= 0.3 is 0 Å². The molecule has 1 saturated heterocycles. The summed E-state index contributed by atoms with van der Waals surface area (Å²) in [6.45, 7) is 10.9. The highest BCUT2D eigenvalue weighted by Gasteiger charge is 2.17. The van der Waals surface area contributed by atoms with Crippen molar-refractivity contribution in [3.8, 4) is 0 Å². The van der Waals surface area contributed by atoms with Gasteiger partial charge in [-0.3, -0.25) is 4.90 Å². The van der Waals surface area contributed by atoms with E-state index in [2.05, 4.69) is 42.3 Å². The van der Waals surface area contributed by atoms with Crippen LogP contribution in [0.5, 0.6) is 0 Å². The Balaban J connectivity index is 1.93. The molecule has 4 nitrogen and oxygen atoms in total. The molecule has 0 atom stereocenters. The zero-order valence-corrected chi connectivity index (χ0v) is 11.7. The predicted molar refractivity (Wildman–Crippen MR) is 73.5 cm³/mol. The van der Waals surface area contributed by atoms with Gasteiger partial charge in [0.2, 0.25) is 0 Å². The van der Waals surface area contributed by atoms with E-state index < -0.39 is 0 Å². The Kier molecular flexibility index (Phi) is 4.12. The third-order valence-electron chi connectivity index (χ3n) is 2.85. The van der Waals surface area contributed by atoms with Gasteiger partial charge in [0.25, 0.3) is 0 Å². The molecular weight excluding hydrogens is 280 g/mol. The van der Waals surface area contributed by atoms with Crippen LogP contribution in [-0.2, 0) is 0 Å². The van der Waals surface area contributed by atoms with Crippen LogP contribution in [0.3, 0.4) is 0 Å². The molecule has 0 unspecified atom stereocenters. The quantitative estimate of drug-likeness (QED) is 0.852. The number of rotatable bonds is 3. The molecule has 1 aliphatic rings. The minimum atomic E-state index is 0.832. The van der Waals surface area contributed by atoms with Gasteiger partial charge in [-0.15, -0.1) is 0 Å². The van der Waals surface area contributed by atoms with Crippen molar-refractivity contribution < 1.29 is 0 Å². The molecule has 1 fully saturated rings. The van der Waals surface area contributed by atoms with Gasteiger partial charge in [-0.25, -0.2) is 9.97 Å². The Morgan fingerprint density at radius 3 is 2.71 bits per heavy atom. The molecule has 0 aromatic carbocycles. The maximum atomic E-state index is 4.45. The zero-order chi connectivity index (χ0) is 12.3. The Hall–Kier alpha value is -0.940. The number of anilines is 1. The maximum Gasteiger partial charge on any atom is 0.132 e. The molecule has 92 valence electrons. The summed E-state index contributed by atoms with van der Waals surface area (Å²) in [5.41, 5.74) is 0. The first-order valence-corrected chi connectivity index (χ1v) is 6.54. The first kappa shape index (κ1) is 12.5. The number of piperazine rings is 1. The van der Waals surface area contributed by atoms with Crippen molar-refractivity contribution in [3.05, 3.63) is 29.1 Å². The van der Waals surface area contributed by atoms with Gasteiger partial charge in [-0.1, -0.05) is 22.5 Å². The van der Waals surface area contributed by atoms with Crippen LogP contribution >= 0.6 is 15.9 Å². The predicted octanol–water partition coefficient (Wildman–Crippen LogP) is 1.82. The summed E-state index contributed by atoms with van der Waals surface area (Å²) in [6, 6.07) is 1.98. The van der Waals surface area contributed by atoms with Crippen LogP contribution in [0.25, 0.3) is 0 Å². The summed E-state index contributed by atoms with van der Waals surface area (Å²) in [6.07, 6.45) is 1.82.